The molecule has 0 aliphatic rings. The van der Waals surface area contributed by atoms with Gasteiger partial charge in [-0.05, 0) is 50.6 Å². The highest BCUT2D eigenvalue weighted by molar-refractivity contribution is 7.18. The number of aromatic nitrogens is 2. The molecule has 0 unspecified atom stereocenters. The molecule has 0 aliphatic heterocycles. The first kappa shape index (κ1) is 15.6. The molecular formula is C17H15FN2O2S. The van der Waals surface area contributed by atoms with Gasteiger partial charge in [-0.25, -0.2) is 9.37 Å². The van der Waals surface area contributed by atoms with Crippen molar-refractivity contribution in [1.82, 2.24) is 9.55 Å². The summed E-state index contributed by atoms with van der Waals surface area (Å²) in [7, 11) is 0. The van der Waals surface area contributed by atoms with Gasteiger partial charge in [0.2, 0.25) is 0 Å². The number of ketones is 1. The first-order valence-electron chi connectivity index (χ1n) is 7.14. The molecule has 0 spiro atoms. The molecule has 0 bridgehead atoms. The van der Waals surface area contributed by atoms with Crippen LogP contribution in [-0.4, -0.2) is 15.3 Å². The Hall–Kier alpha value is -2.34. The molecule has 3 aromatic rings. The van der Waals surface area contributed by atoms with Crippen LogP contribution < -0.4 is 5.56 Å². The second kappa shape index (κ2) is 5.70. The van der Waals surface area contributed by atoms with Gasteiger partial charge in [-0.2, -0.15) is 0 Å². The molecule has 6 heteroatoms. The van der Waals surface area contributed by atoms with Crippen LogP contribution in [-0.2, 0) is 6.54 Å². The first-order chi connectivity index (χ1) is 10.9. The summed E-state index contributed by atoms with van der Waals surface area (Å²) in [5.41, 5.74) is 1.08. The van der Waals surface area contributed by atoms with Crippen LogP contribution in [0, 0.1) is 26.6 Å². The first-order valence-corrected chi connectivity index (χ1v) is 7.96. The minimum Gasteiger partial charge on any atom is -0.292 e. The Morgan fingerprint density at radius 1 is 1.22 bits per heavy atom. The third kappa shape index (κ3) is 2.70. The number of aryl methyl sites for hydroxylation is 3. The Kier molecular flexibility index (Phi) is 3.85. The van der Waals surface area contributed by atoms with E-state index in [0.717, 1.165) is 10.4 Å². The molecule has 118 valence electrons. The van der Waals surface area contributed by atoms with Gasteiger partial charge in [0.05, 0.1) is 11.9 Å². The summed E-state index contributed by atoms with van der Waals surface area (Å²) >= 11 is 1.48. The zero-order valence-corrected chi connectivity index (χ0v) is 13.8. The van der Waals surface area contributed by atoms with E-state index in [1.54, 1.807) is 6.92 Å². The lowest BCUT2D eigenvalue weighted by atomic mass is 10.1. The monoisotopic (exact) mass is 330 g/mol. The van der Waals surface area contributed by atoms with Gasteiger partial charge >= 0.3 is 0 Å². The van der Waals surface area contributed by atoms with Gasteiger partial charge in [-0.15, -0.1) is 11.3 Å². The standard InChI is InChI=1S/C17H15FN2O2S/c1-9-10(2)23-16-15(9)17(22)20(11(3)19-16)8-14(21)12-4-6-13(18)7-5-12/h4-7H,8H2,1-3H3. The molecule has 0 aliphatic carbocycles. The number of benzene rings is 1. The molecule has 0 fully saturated rings. The number of hydrogen-bond acceptors (Lipinski definition) is 4. The fourth-order valence-corrected chi connectivity index (χ4v) is 3.55. The summed E-state index contributed by atoms with van der Waals surface area (Å²) in [5.74, 6) is -0.150. The molecule has 0 atom stereocenters. The van der Waals surface area contributed by atoms with Crippen molar-refractivity contribution in [1.29, 1.82) is 0 Å². The summed E-state index contributed by atoms with van der Waals surface area (Å²) in [6, 6.07) is 5.31. The number of thiophene rings is 1. The lowest BCUT2D eigenvalue weighted by molar-refractivity contribution is 0.0969. The summed E-state index contributed by atoms with van der Waals surface area (Å²) in [6.07, 6.45) is 0. The minimum absolute atomic E-state index is 0.104. The van der Waals surface area contributed by atoms with Crippen LogP contribution >= 0.6 is 11.3 Å². The molecule has 2 aromatic heterocycles. The van der Waals surface area contributed by atoms with Crippen molar-refractivity contribution in [2.24, 2.45) is 0 Å². The van der Waals surface area contributed by atoms with Crippen molar-refractivity contribution in [3.63, 3.8) is 0 Å². The van der Waals surface area contributed by atoms with Gasteiger partial charge in [-0.3, -0.25) is 14.2 Å². The van der Waals surface area contributed by atoms with Crippen LogP contribution in [0.2, 0.25) is 0 Å². The Labute approximate surface area is 136 Å². The predicted molar refractivity (Wildman–Crippen MR) is 88.8 cm³/mol. The van der Waals surface area contributed by atoms with E-state index < -0.39 is 5.82 Å². The maximum Gasteiger partial charge on any atom is 0.262 e. The number of nitrogens with zero attached hydrogens (tertiary/aromatic N) is 2. The Balaban J connectivity index is 2.06. The number of Topliss-reactive ketones (excluding diaryl/α,β-unsaturated/α-hetero) is 1. The fourth-order valence-electron chi connectivity index (χ4n) is 2.49. The van der Waals surface area contributed by atoms with E-state index in [2.05, 4.69) is 4.98 Å². The molecule has 0 radical (unpaired) electrons. The molecule has 0 amide bonds. The van der Waals surface area contributed by atoms with Gasteiger partial charge in [-0.1, -0.05) is 0 Å². The molecule has 0 saturated carbocycles. The summed E-state index contributed by atoms with van der Waals surface area (Å²) in [4.78, 5) is 31.3. The molecule has 0 saturated heterocycles. The number of carbonyl (C=O) groups is 1. The Morgan fingerprint density at radius 3 is 2.52 bits per heavy atom. The Morgan fingerprint density at radius 2 is 1.87 bits per heavy atom. The van der Waals surface area contributed by atoms with Crippen molar-refractivity contribution in [2.75, 3.05) is 0 Å². The number of fused-ring (bicyclic) bond motifs is 1. The Bertz CT molecular complexity index is 971. The van der Waals surface area contributed by atoms with E-state index in [1.807, 2.05) is 13.8 Å². The van der Waals surface area contributed by atoms with Gasteiger partial charge < -0.3 is 0 Å². The maximum absolute atomic E-state index is 13.0. The van der Waals surface area contributed by atoms with E-state index in [9.17, 15) is 14.0 Å². The number of carbonyl (C=O) groups excluding carboxylic acids is 1. The van der Waals surface area contributed by atoms with Crippen molar-refractivity contribution in [3.05, 3.63) is 62.3 Å². The number of halogens is 1. The normalized spacial score (nSPS) is 11.1. The van der Waals surface area contributed by atoms with E-state index in [-0.39, 0.29) is 17.9 Å². The van der Waals surface area contributed by atoms with Gasteiger partial charge in [0, 0.05) is 10.4 Å². The van der Waals surface area contributed by atoms with Crippen molar-refractivity contribution < 1.29 is 9.18 Å². The lowest BCUT2D eigenvalue weighted by Crippen LogP contribution is -2.27. The third-order valence-electron chi connectivity index (χ3n) is 3.95. The molecule has 4 nitrogen and oxygen atoms in total. The highest BCUT2D eigenvalue weighted by Crippen LogP contribution is 2.26. The van der Waals surface area contributed by atoms with Gasteiger partial charge in [0.25, 0.3) is 5.56 Å². The highest BCUT2D eigenvalue weighted by Gasteiger charge is 2.17. The average molecular weight is 330 g/mol. The van der Waals surface area contributed by atoms with E-state index in [4.69, 9.17) is 0 Å². The second-order valence-electron chi connectivity index (χ2n) is 5.44. The van der Waals surface area contributed by atoms with Crippen molar-refractivity contribution >= 4 is 27.3 Å². The average Bonchev–Trinajstić information content (AvgIpc) is 2.78. The number of hydrogen-bond donors (Lipinski definition) is 0. The largest absolute Gasteiger partial charge is 0.292 e. The summed E-state index contributed by atoms with van der Waals surface area (Å²) in [5, 5.41) is 0.574. The van der Waals surface area contributed by atoms with Crippen LogP contribution in [0.15, 0.2) is 29.1 Å². The molecule has 3 rings (SSSR count). The SMILES string of the molecule is Cc1sc2nc(C)n(CC(=O)c3ccc(F)cc3)c(=O)c2c1C. The topological polar surface area (TPSA) is 52.0 Å². The molecule has 23 heavy (non-hydrogen) atoms. The molecule has 1 aromatic carbocycles. The number of rotatable bonds is 3. The molecule has 2 heterocycles. The minimum atomic E-state index is -0.401. The fraction of sp³-hybridized carbons (Fsp3) is 0.235. The van der Waals surface area contributed by atoms with Crippen LogP contribution in [0.25, 0.3) is 10.2 Å². The lowest BCUT2D eigenvalue weighted by Gasteiger charge is -2.09. The quantitative estimate of drug-likeness (QED) is 0.692. The predicted octanol–water partition coefficient (Wildman–Crippen LogP) is 3.41. The van der Waals surface area contributed by atoms with Gasteiger partial charge in [0.1, 0.15) is 16.5 Å². The van der Waals surface area contributed by atoms with Gasteiger partial charge in [0.15, 0.2) is 5.78 Å². The summed E-state index contributed by atoms with van der Waals surface area (Å²) < 4.78 is 14.3. The molecular weight excluding hydrogens is 315 g/mol. The van der Waals surface area contributed by atoms with Crippen LogP contribution in [0.1, 0.15) is 26.6 Å². The van der Waals surface area contributed by atoms with E-state index in [1.165, 1.54) is 40.2 Å². The third-order valence-corrected chi connectivity index (χ3v) is 5.05. The zero-order chi connectivity index (χ0) is 16.7. The van der Waals surface area contributed by atoms with Crippen LogP contribution in [0.3, 0.4) is 0 Å². The maximum atomic E-state index is 13.0. The smallest absolute Gasteiger partial charge is 0.262 e. The zero-order valence-electron chi connectivity index (χ0n) is 13.0. The van der Waals surface area contributed by atoms with E-state index >= 15 is 0 Å². The van der Waals surface area contributed by atoms with Crippen LogP contribution in [0.4, 0.5) is 4.39 Å². The van der Waals surface area contributed by atoms with Crippen molar-refractivity contribution in [2.45, 2.75) is 27.3 Å². The van der Waals surface area contributed by atoms with E-state index in [0.29, 0.717) is 21.6 Å². The molecule has 0 N–H and O–H groups in total. The van der Waals surface area contributed by atoms with Crippen molar-refractivity contribution in [3.8, 4) is 0 Å². The second-order valence-corrected chi connectivity index (χ2v) is 6.65. The summed E-state index contributed by atoms with van der Waals surface area (Å²) in [6.45, 7) is 5.44. The highest BCUT2D eigenvalue weighted by atomic mass is 32.1. The van der Waals surface area contributed by atoms with Crippen LogP contribution in [0.5, 0.6) is 0 Å².